The molecule has 0 radical (unpaired) electrons. The molecule has 0 saturated heterocycles. The fraction of sp³-hybridized carbons (Fsp3) is 0.571. The molecule has 6 nitrogen and oxygen atoms in total. The standard InChI is InChI=1S/C4H9NO2.C3H4O3/c1-2-3(5)4(6)7;1-2(4)3(5)6/h3H,2,5H2,1H3,(H,6,7);1H3,(H,5,6). The average molecular weight is 191 g/mol. The molecule has 0 fully saturated rings. The van der Waals surface area contributed by atoms with Crippen molar-refractivity contribution in [3.05, 3.63) is 0 Å². The second-order valence-corrected chi connectivity index (χ2v) is 2.21. The largest absolute Gasteiger partial charge is 0.480 e. The molecule has 0 aromatic heterocycles. The highest BCUT2D eigenvalue weighted by atomic mass is 16.4. The highest BCUT2D eigenvalue weighted by Crippen LogP contribution is 1.82. The Morgan fingerprint density at radius 1 is 1.31 bits per heavy atom. The van der Waals surface area contributed by atoms with Crippen LogP contribution in [0, 0.1) is 0 Å². The van der Waals surface area contributed by atoms with E-state index >= 15 is 0 Å². The Morgan fingerprint density at radius 2 is 1.62 bits per heavy atom. The lowest BCUT2D eigenvalue weighted by Crippen LogP contribution is -2.28. The number of carbonyl (C=O) groups excluding carboxylic acids is 1. The maximum Gasteiger partial charge on any atom is 0.371 e. The highest BCUT2D eigenvalue weighted by Gasteiger charge is 2.05. The third-order valence-electron chi connectivity index (χ3n) is 1.06. The zero-order valence-corrected chi connectivity index (χ0v) is 7.48. The number of carboxylic acid groups (broad SMARTS) is 2. The van der Waals surface area contributed by atoms with Gasteiger partial charge in [0.25, 0.3) is 0 Å². The van der Waals surface area contributed by atoms with E-state index in [-0.39, 0.29) is 0 Å². The van der Waals surface area contributed by atoms with Gasteiger partial charge in [0, 0.05) is 6.92 Å². The maximum atomic E-state index is 9.81. The molecule has 0 spiro atoms. The Kier molecular flexibility index (Phi) is 7.85. The van der Waals surface area contributed by atoms with Gasteiger partial charge in [-0.1, -0.05) is 6.92 Å². The molecule has 0 aliphatic heterocycles. The van der Waals surface area contributed by atoms with Crippen LogP contribution in [-0.2, 0) is 14.4 Å². The summed E-state index contributed by atoms with van der Waals surface area (Å²) in [5, 5.41) is 15.7. The summed E-state index contributed by atoms with van der Waals surface area (Å²) in [6.45, 7) is 2.74. The van der Waals surface area contributed by atoms with Gasteiger partial charge in [-0.3, -0.25) is 9.59 Å². The van der Waals surface area contributed by atoms with Crippen LogP contribution >= 0.6 is 0 Å². The Hall–Kier alpha value is -1.43. The maximum absolute atomic E-state index is 9.81. The van der Waals surface area contributed by atoms with Gasteiger partial charge < -0.3 is 15.9 Å². The topological polar surface area (TPSA) is 118 Å². The first-order chi connectivity index (χ1) is 5.82. The van der Waals surface area contributed by atoms with Gasteiger partial charge in [0.1, 0.15) is 6.04 Å². The fourth-order valence-electron chi connectivity index (χ4n) is 0.175. The van der Waals surface area contributed by atoms with Crippen molar-refractivity contribution in [3.63, 3.8) is 0 Å². The Labute approximate surface area is 75.3 Å². The van der Waals surface area contributed by atoms with Gasteiger partial charge in [-0.15, -0.1) is 0 Å². The van der Waals surface area contributed by atoms with Crippen molar-refractivity contribution in [2.45, 2.75) is 26.3 Å². The molecule has 6 heteroatoms. The third-order valence-corrected chi connectivity index (χ3v) is 1.06. The lowest BCUT2D eigenvalue weighted by Gasteiger charge is -1.97. The molecule has 0 saturated carbocycles. The minimum absolute atomic E-state index is 0.495. The second kappa shape index (κ2) is 7.23. The highest BCUT2D eigenvalue weighted by molar-refractivity contribution is 6.31. The molecule has 0 bridgehead atoms. The lowest BCUT2D eigenvalue weighted by atomic mass is 10.2. The quantitative estimate of drug-likeness (QED) is 0.516. The van der Waals surface area contributed by atoms with Gasteiger partial charge >= 0.3 is 11.9 Å². The molecule has 13 heavy (non-hydrogen) atoms. The first-order valence-corrected chi connectivity index (χ1v) is 3.55. The average Bonchev–Trinajstić information content (AvgIpc) is 2.03. The van der Waals surface area contributed by atoms with Gasteiger partial charge in [0.05, 0.1) is 0 Å². The first kappa shape index (κ1) is 14.1. The van der Waals surface area contributed by atoms with Crippen molar-refractivity contribution in [1.29, 1.82) is 0 Å². The van der Waals surface area contributed by atoms with Crippen molar-refractivity contribution < 1.29 is 24.6 Å². The number of carboxylic acids is 2. The summed E-state index contributed by atoms with van der Waals surface area (Å²) in [7, 11) is 0. The molecule has 76 valence electrons. The summed E-state index contributed by atoms with van der Waals surface area (Å²) >= 11 is 0. The number of aliphatic carboxylic acids is 2. The number of carbonyl (C=O) groups is 3. The van der Waals surface area contributed by atoms with Crippen molar-refractivity contribution >= 4 is 17.7 Å². The number of nitrogens with two attached hydrogens (primary N) is 1. The summed E-state index contributed by atoms with van der Waals surface area (Å²) in [5.74, 6) is -3.13. The van der Waals surface area contributed by atoms with E-state index in [0.29, 0.717) is 6.42 Å². The van der Waals surface area contributed by atoms with Crippen LogP contribution in [0.4, 0.5) is 0 Å². The van der Waals surface area contributed by atoms with E-state index in [9.17, 15) is 14.4 Å². The minimum atomic E-state index is -1.38. The monoisotopic (exact) mass is 191 g/mol. The van der Waals surface area contributed by atoms with Crippen LogP contribution in [-0.4, -0.2) is 34.0 Å². The summed E-state index contributed by atoms with van der Waals surface area (Å²) in [4.78, 5) is 28.7. The Balaban J connectivity index is 0. The third kappa shape index (κ3) is 10.6. The predicted octanol–water partition coefficient (Wildman–Crippen LogP) is -0.532. The van der Waals surface area contributed by atoms with Crippen molar-refractivity contribution in [3.8, 4) is 0 Å². The fourth-order valence-corrected chi connectivity index (χ4v) is 0.175. The van der Waals surface area contributed by atoms with Crippen LogP contribution in [0.1, 0.15) is 20.3 Å². The van der Waals surface area contributed by atoms with Crippen LogP contribution in [0.25, 0.3) is 0 Å². The predicted molar refractivity (Wildman–Crippen MR) is 44.2 cm³/mol. The molecule has 1 unspecified atom stereocenters. The molecular formula is C7H13NO5. The zero-order chi connectivity index (χ0) is 11.0. The molecule has 0 rings (SSSR count). The van der Waals surface area contributed by atoms with Crippen LogP contribution in [0.2, 0.25) is 0 Å². The molecule has 0 aliphatic rings. The van der Waals surface area contributed by atoms with E-state index in [1.54, 1.807) is 6.92 Å². The molecular weight excluding hydrogens is 178 g/mol. The molecule has 4 N–H and O–H groups in total. The van der Waals surface area contributed by atoms with E-state index in [1.165, 1.54) is 0 Å². The van der Waals surface area contributed by atoms with E-state index in [1.807, 2.05) is 0 Å². The van der Waals surface area contributed by atoms with E-state index in [0.717, 1.165) is 6.92 Å². The van der Waals surface area contributed by atoms with Crippen LogP contribution in [0.3, 0.4) is 0 Å². The molecule has 0 heterocycles. The molecule has 0 aliphatic carbocycles. The molecule has 0 aromatic rings. The molecule has 0 aromatic carbocycles. The Morgan fingerprint density at radius 3 is 1.62 bits per heavy atom. The van der Waals surface area contributed by atoms with Gasteiger partial charge in [0.15, 0.2) is 0 Å². The van der Waals surface area contributed by atoms with Crippen molar-refractivity contribution in [2.75, 3.05) is 0 Å². The van der Waals surface area contributed by atoms with Gasteiger partial charge in [-0.05, 0) is 6.42 Å². The summed E-state index contributed by atoms with van der Waals surface area (Å²) < 4.78 is 0. The summed E-state index contributed by atoms with van der Waals surface area (Å²) in [5.41, 5.74) is 5.02. The zero-order valence-electron chi connectivity index (χ0n) is 7.48. The summed E-state index contributed by atoms with van der Waals surface area (Å²) in [6, 6.07) is -0.681. The number of rotatable bonds is 3. The normalized spacial score (nSPS) is 10.7. The molecule has 1 atom stereocenters. The minimum Gasteiger partial charge on any atom is -0.480 e. The smallest absolute Gasteiger partial charge is 0.371 e. The number of ketones is 1. The van der Waals surface area contributed by atoms with E-state index in [2.05, 4.69) is 0 Å². The second-order valence-electron chi connectivity index (χ2n) is 2.21. The van der Waals surface area contributed by atoms with Crippen molar-refractivity contribution in [2.24, 2.45) is 5.73 Å². The first-order valence-electron chi connectivity index (χ1n) is 3.55. The lowest BCUT2D eigenvalue weighted by molar-refractivity contribution is -0.148. The van der Waals surface area contributed by atoms with Crippen LogP contribution in [0.15, 0.2) is 0 Å². The number of Topliss-reactive ketones (excluding diaryl/α,β-unsaturated/α-hetero) is 1. The van der Waals surface area contributed by atoms with Gasteiger partial charge in [-0.25, -0.2) is 4.79 Å². The molecule has 0 amide bonds. The van der Waals surface area contributed by atoms with Crippen LogP contribution in [0.5, 0.6) is 0 Å². The van der Waals surface area contributed by atoms with E-state index in [4.69, 9.17) is 15.9 Å². The number of hydrogen-bond donors (Lipinski definition) is 3. The Bertz CT molecular complexity index is 189. The van der Waals surface area contributed by atoms with Gasteiger partial charge in [0.2, 0.25) is 5.78 Å². The SMILES string of the molecule is CC(=O)C(=O)O.CCC(N)C(=O)O. The number of hydrogen-bond acceptors (Lipinski definition) is 4. The summed E-state index contributed by atoms with van der Waals surface area (Å²) in [6.07, 6.45) is 0.495. The van der Waals surface area contributed by atoms with Crippen LogP contribution < -0.4 is 5.73 Å². The van der Waals surface area contributed by atoms with Gasteiger partial charge in [-0.2, -0.15) is 0 Å². The van der Waals surface area contributed by atoms with Crippen molar-refractivity contribution in [1.82, 2.24) is 0 Å². The van der Waals surface area contributed by atoms with E-state index < -0.39 is 23.8 Å².